The lowest BCUT2D eigenvalue weighted by atomic mass is 10.0. The molecule has 0 unspecified atom stereocenters. The summed E-state index contributed by atoms with van der Waals surface area (Å²) in [5, 5.41) is 9.34. The van der Waals surface area contributed by atoms with Gasteiger partial charge in [0.1, 0.15) is 0 Å². The van der Waals surface area contributed by atoms with Crippen LogP contribution in [0.3, 0.4) is 0 Å². The third-order valence-corrected chi connectivity index (χ3v) is 4.06. The third-order valence-electron chi connectivity index (χ3n) is 4.06. The molecule has 0 aliphatic rings. The molecule has 0 saturated carbocycles. The van der Waals surface area contributed by atoms with Gasteiger partial charge in [0.05, 0.1) is 0 Å². The first-order chi connectivity index (χ1) is 11.1. The van der Waals surface area contributed by atoms with Crippen LogP contribution in [-0.4, -0.2) is 39.1 Å². The summed E-state index contributed by atoms with van der Waals surface area (Å²) in [5.41, 5.74) is 1.83. The summed E-state index contributed by atoms with van der Waals surface area (Å²) in [6.07, 6.45) is 3.19. The molecule has 0 heterocycles. The lowest BCUT2D eigenvalue weighted by Crippen LogP contribution is -2.40. The molecule has 1 amide bonds. The SMILES string of the molecule is CCC(CC)CNC(=NC)NCCc1cccc(C(=O)NC)c1. The first-order valence-corrected chi connectivity index (χ1v) is 8.40. The van der Waals surface area contributed by atoms with Gasteiger partial charge < -0.3 is 16.0 Å². The highest BCUT2D eigenvalue weighted by Gasteiger charge is 2.06. The Kier molecular flexibility index (Phi) is 8.80. The van der Waals surface area contributed by atoms with E-state index in [0.717, 1.165) is 31.0 Å². The van der Waals surface area contributed by atoms with Crippen molar-refractivity contribution in [2.75, 3.05) is 27.2 Å². The fraction of sp³-hybridized carbons (Fsp3) is 0.556. The number of aliphatic imine (C=N–C) groups is 1. The molecule has 5 nitrogen and oxygen atoms in total. The minimum absolute atomic E-state index is 0.0533. The van der Waals surface area contributed by atoms with Crippen LogP contribution in [0.25, 0.3) is 0 Å². The number of rotatable bonds is 8. The van der Waals surface area contributed by atoms with E-state index in [9.17, 15) is 4.79 Å². The van der Waals surface area contributed by atoms with Crippen LogP contribution in [0.4, 0.5) is 0 Å². The minimum Gasteiger partial charge on any atom is -0.356 e. The first kappa shape index (κ1) is 19.0. The molecule has 128 valence electrons. The maximum absolute atomic E-state index is 11.6. The zero-order valence-electron chi connectivity index (χ0n) is 14.8. The molecular formula is C18H30N4O. The van der Waals surface area contributed by atoms with Gasteiger partial charge in [-0.1, -0.05) is 38.8 Å². The van der Waals surface area contributed by atoms with E-state index < -0.39 is 0 Å². The standard InChI is InChI=1S/C18H30N4O/c1-5-14(6-2)13-22-18(20-4)21-11-10-15-8-7-9-16(12-15)17(23)19-3/h7-9,12,14H,5-6,10-11,13H2,1-4H3,(H,19,23)(H2,20,21,22). The number of hydrogen-bond donors (Lipinski definition) is 3. The van der Waals surface area contributed by atoms with Crippen LogP contribution < -0.4 is 16.0 Å². The fourth-order valence-corrected chi connectivity index (χ4v) is 2.38. The summed E-state index contributed by atoms with van der Waals surface area (Å²) >= 11 is 0. The molecule has 1 rings (SSSR count). The predicted molar refractivity (Wildman–Crippen MR) is 97.0 cm³/mol. The van der Waals surface area contributed by atoms with E-state index in [1.165, 1.54) is 12.8 Å². The van der Waals surface area contributed by atoms with Gasteiger partial charge in [-0.25, -0.2) is 0 Å². The van der Waals surface area contributed by atoms with Crippen LogP contribution in [0, 0.1) is 5.92 Å². The van der Waals surface area contributed by atoms with Crippen molar-refractivity contribution >= 4 is 11.9 Å². The summed E-state index contributed by atoms with van der Waals surface area (Å²) in [6.45, 7) is 6.15. The first-order valence-electron chi connectivity index (χ1n) is 8.40. The summed E-state index contributed by atoms with van der Waals surface area (Å²) in [4.78, 5) is 15.9. The molecular weight excluding hydrogens is 288 g/mol. The molecule has 0 fully saturated rings. The van der Waals surface area contributed by atoms with Gasteiger partial charge in [-0.2, -0.15) is 0 Å². The lowest BCUT2D eigenvalue weighted by molar-refractivity contribution is 0.0963. The van der Waals surface area contributed by atoms with Crippen molar-refractivity contribution in [3.63, 3.8) is 0 Å². The molecule has 1 aromatic rings. The van der Waals surface area contributed by atoms with Crippen molar-refractivity contribution in [1.82, 2.24) is 16.0 Å². The van der Waals surface area contributed by atoms with E-state index in [-0.39, 0.29) is 5.91 Å². The predicted octanol–water partition coefficient (Wildman–Crippen LogP) is 2.19. The number of carbonyl (C=O) groups excluding carboxylic acids is 1. The molecule has 0 saturated heterocycles. The van der Waals surface area contributed by atoms with E-state index in [2.05, 4.69) is 34.8 Å². The summed E-state index contributed by atoms with van der Waals surface area (Å²) in [5.74, 6) is 1.46. The van der Waals surface area contributed by atoms with Crippen molar-refractivity contribution in [3.05, 3.63) is 35.4 Å². The Bertz CT molecular complexity index is 509. The molecule has 0 radical (unpaired) electrons. The average molecular weight is 318 g/mol. The molecule has 0 spiro atoms. The van der Waals surface area contributed by atoms with E-state index >= 15 is 0 Å². The highest BCUT2D eigenvalue weighted by molar-refractivity contribution is 5.94. The Morgan fingerprint density at radius 3 is 2.57 bits per heavy atom. The fourth-order valence-electron chi connectivity index (χ4n) is 2.38. The largest absolute Gasteiger partial charge is 0.356 e. The molecule has 0 aliphatic heterocycles. The number of benzene rings is 1. The Morgan fingerprint density at radius 1 is 1.22 bits per heavy atom. The maximum Gasteiger partial charge on any atom is 0.251 e. The number of carbonyl (C=O) groups is 1. The number of nitrogens with zero attached hydrogens (tertiary/aromatic N) is 1. The summed E-state index contributed by atoms with van der Waals surface area (Å²) in [6, 6.07) is 7.71. The normalized spacial score (nSPS) is 11.4. The number of guanidine groups is 1. The van der Waals surface area contributed by atoms with Gasteiger partial charge in [-0.05, 0) is 30.0 Å². The second kappa shape index (κ2) is 10.6. The van der Waals surface area contributed by atoms with Gasteiger partial charge in [0, 0.05) is 32.7 Å². The van der Waals surface area contributed by atoms with Crippen molar-refractivity contribution in [2.45, 2.75) is 33.1 Å². The molecule has 0 aliphatic carbocycles. The smallest absolute Gasteiger partial charge is 0.251 e. The molecule has 5 heteroatoms. The van der Waals surface area contributed by atoms with Gasteiger partial charge in [0.25, 0.3) is 5.91 Å². The van der Waals surface area contributed by atoms with E-state index in [1.54, 1.807) is 14.1 Å². The van der Waals surface area contributed by atoms with Crippen LogP contribution in [0.5, 0.6) is 0 Å². The lowest BCUT2D eigenvalue weighted by Gasteiger charge is -2.16. The van der Waals surface area contributed by atoms with Gasteiger partial charge in [0.15, 0.2) is 5.96 Å². The van der Waals surface area contributed by atoms with Crippen molar-refractivity contribution in [3.8, 4) is 0 Å². The zero-order valence-corrected chi connectivity index (χ0v) is 14.8. The van der Waals surface area contributed by atoms with Gasteiger partial charge in [-0.3, -0.25) is 9.79 Å². The van der Waals surface area contributed by atoms with Gasteiger partial charge in [-0.15, -0.1) is 0 Å². The van der Waals surface area contributed by atoms with Gasteiger partial charge >= 0.3 is 0 Å². The van der Waals surface area contributed by atoms with Crippen LogP contribution in [-0.2, 0) is 6.42 Å². The van der Waals surface area contributed by atoms with Crippen LogP contribution >= 0.6 is 0 Å². The van der Waals surface area contributed by atoms with E-state index in [0.29, 0.717) is 11.5 Å². The molecule has 0 atom stereocenters. The monoisotopic (exact) mass is 318 g/mol. The van der Waals surface area contributed by atoms with Crippen molar-refractivity contribution < 1.29 is 4.79 Å². The molecule has 0 aromatic heterocycles. The Morgan fingerprint density at radius 2 is 1.96 bits per heavy atom. The topological polar surface area (TPSA) is 65.5 Å². The number of amides is 1. The summed E-state index contributed by atoms with van der Waals surface area (Å²) in [7, 11) is 3.43. The Hall–Kier alpha value is -2.04. The zero-order chi connectivity index (χ0) is 17.1. The maximum atomic E-state index is 11.6. The Labute approximate surface area is 140 Å². The average Bonchev–Trinajstić information content (AvgIpc) is 2.60. The second-order valence-electron chi connectivity index (χ2n) is 5.59. The van der Waals surface area contributed by atoms with E-state index in [1.807, 2.05) is 24.3 Å². The quantitative estimate of drug-likeness (QED) is 0.508. The van der Waals surface area contributed by atoms with Gasteiger partial charge in [0.2, 0.25) is 0 Å². The molecule has 23 heavy (non-hydrogen) atoms. The second-order valence-corrected chi connectivity index (χ2v) is 5.59. The molecule has 3 N–H and O–H groups in total. The van der Waals surface area contributed by atoms with E-state index in [4.69, 9.17) is 0 Å². The van der Waals surface area contributed by atoms with Crippen molar-refractivity contribution in [1.29, 1.82) is 0 Å². The highest BCUT2D eigenvalue weighted by atomic mass is 16.1. The van der Waals surface area contributed by atoms with Crippen LogP contribution in [0.1, 0.15) is 42.6 Å². The Balaban J connectivity index is 2.44. The highest BCUT2D eigenvalue weighted by Crippen LogP contribution is 2.06. The number of hydrogen-bond acceptors (Lipinski definition) is 2. The van der Waals surface area contributed by atoms with Crippen molar-refractivity contribution in [2.24, 2.45) is 10.9 Å². The van der Waals surface area contributed by atoms with Crippen LogP contribution in [0.2, 0.25) is 0 Å². The van der Waals surface area contributed by atoms with Crippen LogP contribution in [0.15, 0.2) is 29.3 Å². The molecule has 1 aromatic carbocycles. The summed E-state index contributed by atoms with van der Waals surface area (Å²) < 4.78 is 0. The number of nitrogens with one attached hydrogen (secondary N) is 3. The third kappa shape index (κ3) is 6.72. The minimum atomic E-state index is -0.0533. The molecule has 0 bridgehead atoms.